The Morgan fingerprint density at radius 2 is 1.66 bits per heavy atom. The van der Waals surface area contributed by atoms with Gasteiger partial charge in [0.2, 0.25) is 0 Å². The molecular formula is C28H31N5O5. The van der Waals surface area contributed by atoms with Crippen LogP contribution in [0, 0.1) is 10.8 Å². The Morgan fingerprint density at radius 3 is 2.21 bits per heavy atom. The molecule has 2 aromatic carbocycles. The summed E-state index contributed by atoms with van der Waals surface area (Å²) in [5.74, 6) is -1.98. The van der Waals surface area contributed by atoms with Gasteiger partial charge in [0.25, 0.3) is 11.8 Å². The molecule has 10 heteroatoms. The predicted molar refractivity (Wildman–Crippen MR) is 145 cm³/mol. The van der Waals surface area contributed by atoms with E-state index in [2.05, 4.69) is 15.6 Å². The fourth-order valence-electron chi connectivity index (χ4n) is 3.49. The number of hydrogen-bond donors (Lipinski definition) is 5. The Bertz CT molecular complexity index is 1390. The molecule has 6 N–H and O–H groups in total. The number of carboxylic acid groups (broad SMARTS) is 1. The molecule has 0 aliphatic carbocycles. The molecule has 1 heterocycles. The largest absolute Gasteiger partial charge is 0.497 e. The van der Waals surface area contributed by atoms with E-state index in [4.69, 9.17) is 15.9 Å². The minimum Gasteiger partial charge on any atom is -0.497 e. The summed E-state index contributed by atoms with van der Waals surface area (Å²) in [6, 6.07) is 12.0. The van der Waals surface area contributed by atoms with Gasteiger partial charge in [-0.25, -0.2) is 4.79 Å². The zero-order chi connectivity index (χ0) is 28.2. The first kappa shape index (κ1) is 27.9. The number of amidine groups is 1. The Morgan fingerprint density at radius 1 is 1.00 bits per heavy atom. The average molecular weight is 518 g/mol. The number of anilines is 1. The maximum Gasteiger partial charge on any atom is 0.336 e. The number of ether oxygens (including phenoxy) is 1. The van der Waals surface area contributed by atoms with Gasteiger partial charge in [-0.15, -0.1) is 0 Å². The molecule has 0 aliphatic heterocycles. The molecule has 0 fully saturated rings. The molecule has 0 aliphatic rings. The van der Waals surface area contributed by atoms with Gasteiger partial charge in [0.05, 0.1) is 30.1 Å². The smallest absolute Gasteiger partial charge is 0.336 e. The summed E-state index contributed by atoms with van der Waals surface area (Å²) < 4.78 is 5.28. The number of amides is 2. The molecule has 3 rings (SSSR count). The number of hydrogen-bond acceptors (Lipinski definition) is 6. The summed E-state index contributed by atoms with van der Waals surface area (Å²) in [4.78, 5) is 42.4. The molecule has 0 radical (unpaired) electrons. The number of benzene rings is 2. The van der Waals surface area contributed by atoms with Gasteiger partial charge >= 0.3 is 5.97 Å². The number of nitrogen functional groups attached to an aromatic ring is 1. The predicted octanol–water partition coefficient (Wildman–Crippen LogP) is 4.16. The SMILES string of the molecule is COc1ccc(-c2ccc(C(=O)NC(C)C(C)(C)C)cc2C(=O)O)c(C(=O)Nc2ccc(C(=N)N)nc2)c1. The van der Waals surface area contributed by atoms with Crippen LogP contribution in [0.2, 0.25) is 0 Å². The van der Waals surface area contributed by atoms with Crippen molar-refractivity contribution in [3.8, 4) is 16.9 Å². The Kier molecular flexibility index (Phi) is 8.15. The van der Waals surface area contributed by atoms with Crippen molar-refractivity contribution in [1.29, 1.82) is 5.41 Å². The minimum atomic E-state index is -1.25. The van der Waals surface area contributed by atoms with Crippen molar-refractivity contribution in [1.82, 2.24) is 10.3 Å². The van der Waals surface area contributed by atoms with Crippen LogP contribution in [0.5, 0.6) is 5.75 Å². The van der Waals surface area contributed by atoms with Crippen LogP contribution in [0.25, 0.3) is 11.1 Å². The van der Waals surface area contributed by atoms with Crippen LogP contribution in [0.3, 0.4) is 0 Å². The van der Waals surface area contributed by atoms with Crippen molar-refractivity contribution in [2.45, 2.75) is 33.7 Å². The molecule has 0 spiro atoms. The molecule has 0 saturated carbocycles. The second-order valence-corrected chi connectivity index (χ2v) is 9.84. The summed E-state index contributed by atoms with van der Waals surface area (Å²) >= 11 is 0. The number of aromatic carboxylic acids is 1. The van der Waals surface area contributed by atoms with Crippen molar-refractivity contribution in [3.05, 3.63) is 77.1 Å². The van der Waals surface area contributed by atoms with Crippen molar-refractivity contribution in [3.63, 3.8) is 0 Å². The molecule has 3 aromatic rings. The summed E-state index contributed by atoms with van der Waals surface area (Å²) in [6.45, 7) is 7.87. The zero-order valence-corrected chi connectivity index (χ0v) is 21.9. The summed E-state index contributed by atoms with van der Waals surface area (Å²) in [6.07, 6.45) is 1.36. The lowest BCUT2D eigenvalue weighted by Gasteiger charge is -2.28. The van der Waals surface area contributed by atoms with Gasteiger partial charge in [-0.05, 0) is 65.9 Å². The lowest BCUT2D eigenvalue weighted by molar-refractivity contribution is 0.0697. The van der Waals surface area contributed by atoms with Crippen LogP contribution in [0.1, 0.15) is 64.5 Å². The number of methoxy groups -OCH3 is 1. The monoisotopic (exact) mass is 517 g/mol. The number of rotatable bonds is 8. The lowest BCUT2D eigenvalue weighted by Crippen LogP contribution is -2.41. The summed E-state index contributed by atoms with van der Waals surface area (Å²) in [5.41, 5.74) is 6.67. The van der Waals surface area contributed by atoms with Crippen LogP contribution in [-0.4, -0.2) is 46.9 Å². The van der Waals surface area contributed by atoms with E-state index in [1.54, 1.807) is 18.2 Å². The zero-order valence-electron chi connectivity index (χ0n) is 21.9. The number of carbonyl (C=O) groups excluding carboxylic acids is 2. The first-order chi connectivity index (χ1) is 17.8. The molecule has 38 heavy (non-hydrogen) atoms. The van der Waals surface area contributed by atoms with E-state index in [0.717, 1.165) is 0 Å². The maximum absolute atomic E-state index is 13.3. The van der Waals surface area contributed by atoms with E-state index in [1.807, 2.05) is 27.7 Å². The van der Waals surface area contributed by atoms with Gasteiger partial charge in [0, 0.05) is 11.6 Å². The van der Waals surface area contributed by atoms with Crippen LogP contribution in [0.15, 0.2) is 54.7 Å². The Balaban J connectivity index is 2.02. The molecule has 1 atom stereocenters. The topological polar surface area (TPSA) is 167 Å². The average Bonchev–Trinajstić information content (AvgIpc) is 2.87. The molecule has 10 nitrogen and oxygen atoms in total. The Labute approximate surface area is 220 Å². The van der Waals surface area contributed by atoms with Crippen LogP contribution >= 0.6 is 0 Å². The minimum absolute atomic E-state index is 0.132. The third kappa shape index (κ3) is 6.33. The quantitative estimate of drug-likeness (QED) is 0.221. The molecule has 2 amide bonds. The van der Waals surface area contributed by atoms with Gasteiger partial charge in [0.15, 0.2) is 0 Å². The number of pyridine rings is 1. The van der Waals surface area contributed by atoms with E-state index in [0.29, 0.717) is 17.0 Å². The Hall–Kier alpha value is -4.73. The third-order valence-electron chi connectivity index (χ3n) is 6.22. The molecule has 0 bridgehead atoms. The number of carbonyl (C=O) groups is 3. The number of nitrogens with zero attached hydrogens (tertiary/aromatic N) is 1. The van der Waals surface area contributed by atoms with Crippen molar-refractivity contribution < 1.29 is 24.2 Å². The van der Waals surface area contributed by atoms with Gasteiger partial charge in [-0.2, -0.15) is 0 Å². The highest BCUT2D eigenvalue weighted by Crippen LogP contribution is 2.32. The van der Waals surface area contributed by atoms with E-state index < -0.39 is 17.8 Å². The summed E-state index contributed by atoms with van der Waals surface area (Å²) in [7, 11) is 1.45. The molecule has 1 aromatic heterocycles. The van der Waals surface area contributed by atoms with Gasteiger partial charge in [-0.3, -0.25) is 20.0 Å². The third-order valence-corrected chi connectivity index (χ3v) is 6.22. The van der Waals surface area contributed by atoms with Crippen LogP contribution in [-0.2, 0) is 0 Å². The normalized spacial score (nSPS) is 11.8. The number of nitrogens with two attached hydrogens (primary N) is 1. The number of aromatic nitrogens is 1. The van der Waals surface area contributed by atoms with Gasteiger partial charge in [-0.1, -0.05) is 26.8 Å². The maximum atomic E-state index is 13.3. The van der Waals surface area contributed by atoms with Crippen molar-refractivity contribution >= 4 is 29.3 Å². The lowest BCUT2D eigenvalue weighted by atomic mass is 9.87. The van der Waals surface area contributed by atoms with Crippen LogP contribution in [0.4, 0.5) is 5.69 Å². The van der Waals surface area contributed by atoms with E-state index in [1.165, 1.54) is 43.6 Å². The van der Waals surface area contributed by atoms with Gasteiger partial charge in [0.1, 0.15) is 17.3 Å². The highest BCUT2D eigenvalue weighted by Gasteiger charge is 2.24. The number of carboxylic acids is 1. The molecule has 0 saturated heterocycles. The highest BCUT2D eigenvalue weighted by molar-refractivity contribution is 6.11. The van der Waals surface area contributed by atoms with Crippen molar-refractivity contribution in [2.24, 2.45) is 11.1 Å². The second kappa shape index (κ2) is 11.1. The summed E-state index contributed by atoms with van der Waals surface area (Å²) in [5, 5.41) is 23.1. The fourth-order valence-corrected chi connectivity index (χ4v) is 3.49. The van der Waals surface area contributed by atoms with E-state index in [9.17, 15) is 19.5 Å². The highest BCUT2D eigenvalue weighted by atomic mass is 16.5. The van der Waals surface area contributed by atoms with Crippen molar-refractivity contribution in [2.75, 3.05) is 12.4 Å². The standard InChI is InChI=1S/C28H31N5O5/c1-15(28(2,3)4)32-25(34)16-6-9-20(22(12-16)27(36)37)19-10-8-18(38-5)13-21(19)26(35)33-17-7-11-23(24(29)30)31-14-17/h6-15H,1-5H3,(H3,29,30)(H,32,34)(H,33,35)(H,36,37). The first-order valence-electron chi connectivity index (χ1n) is 11.8. The second-order valence-electron chi connectivity index (χ2n) is 9.84. The van der Waals surface area contributed by atoms with Gasteiger partial charge < -0.3 is 26.2 Å². The van der Waals surface area contributed by atoms with E-state index in [-0.39, 0.29) is 45.2 Å². The first-order valence-corrected chi connectivity index (χ1v) is 11.8. The van der Waals surface area contributed by atoms with E-state index >= 15 is 0 Å². The fraction of sp³-hybridized carbons (Fsp3) is 0.250. The number of nitrogens with one attached hydrogen (secondary N) is 3. The molecule has 1 unspecified atom stereocenters. The molecule has 198 valence electrons. The van der Waals surface area contributed by atoms with Crippen LogP contribution < -0.4 is 21.1 Å². The molecular weight excluding hydrogens is 486 g/mol.